The van der Waals surface area contributed by atoms with Crippen LogP contribution in [0.1, 0.15) is 17.2 Å². The van der Waals surface area contributed by atoms with Crippen molar-refractivity contribution in [1.29, 1.82) is 0 Å². The molecule has 100 valence electrons. The molecule has 2 aromatic carbocycles. The van der Waals surface area contributed by atoms with Gasteiger partial charge in [-0.1, -0.05) is 12.1 Å². The van der Waals surface area contributed by atoms with Gasteiger partial charge in [-0.2, -0.15) is 0 Å². The zero-order valence-corrected chi connectivity index (χ0v) is 9.84. The third kappa shape index (κ3) is 3.12. The van der Waals surface area contributed by atoms with Crippen molar-refractivity contribution < 1.29 is 17.6 Å². The summed E-state index contributed by atoms with van der Waals surface area (Å²) in [5, 5.41) is 0. The molecule has 0 aliphatic rings. The number of hydrogen-bond acceptors (Lipinski definition) is 1. The van der Waals surface area contributed by atoms with Crippen LogP contribution < -0.4 is 5.73 Å². The average Bonchev–Trinajstić information content (AvgIpc) is 2.33. The number of benzene rings is 2. The molecule has 2 rings (SSSR count). The van der Waals surface area contributed by atoms with Gasteiger partial charge in [0.1, 0.15) is 11.6 Å². The fourth-order valence-electron chi connectivity index (χ4n) is 1.85. The maximum Gasteiger partial charge on any atom is 0.162 e. The normalized spacial score (nSPS) is 12.5. The maximum atomic E-state index is 13.5. The summed E-state index contributed by atoms with van der Waals surface area (Å²) in [6.07, 6.45) is -0.0491. The Morgan fingerprint density at radius 2 is 1.58 bits per heavy atom. The third-order valence-electron chi connectivity index (χ3n) is 2.78. The third-order valence-corrected chi connectivity index (χ3v) is 2.78. The highest BCUT2D eigenvalue weighted by molar-refractivity contribution is 5.26. The molecule has 0 saturated carbocycles. The number of halogens is 4. The average molecular weight is 269 g/mol. The molecule has 1 unspecified atom stereocenters. The Bertz CT molecular complexity index is 578. The van der Waals surface area contributed by atoms with E-state index < -0.39 is 29.3 Å². The number of nitrogens with two attached hydrogens (primary N) is 1. The number of rotatable bonds is 3. The van der Waals surface area contributed by atoms with Crippen LogP contribution in [0.15, 0.2) is 36.4 Å². The summed E-state index contributed by atoms with van der Waals surface area (Å²) < 4.78 is 52.6. The second-order valence-corrected chi connectivity index (χ2v) is 4.23. The zero-order valence-electron chi connectivity index (χ0n) is 9.84. The molecule has 2 aromatic rings. The predicted octanol–water partition coefficient (Wildman–Crippen LogP) is 3.49. The minimum atomic E-state index is -0.991. The fraction of sp³-hybridized carbons (Fsp3) is 0.143. The van der Waals surface area contributed by atoms with Crippen LogP contribution in [0, 0.1) is 23.3 Å². The summed E-state index contributed by atoms with van der Waals surface area (Å²) in [6.45, 7) is 0. The molecule has 0 saturated heterocycles. The lowest BCUT2D eigenvalue weighted by Gasteiger charge is -2.13. The van der Waals surface area contributed by atoms with Gasteiger partial charge in [-0.15, -0.1) is 0 Å². The molecule has 19 heavy (non-hydrogen) atoms. The maximum absolute atomic E-state index is 13.5. The molecular weight excluding hydrogens is 258 g/mol. The van der Waals surface area contributed by atoms with Crippen LogP contribution in [0.5, 0.6) is 0 Å². The largest absolute Gasteiger partial charge is 0.324 e. The SMILES string of the molecule is NC(Cc1cccc(F)c1F)c1cc(F)cc(F)c1. The van der Waals surface area contributed by atoms with Crippen LogP contribution in [0.25, 0.3) is 0 Å². The Morgan fingerprint density at radius 3 is 2.21 bits per heavy atom. The first-order valence-corrected chi connectivity index (χ1v) is 5.62. The highest BCUT2D eigenvalue weighted by atomic mass is 19.2. The molecule has 0 aromatic heterocycles. The Balaban J connectivity index is 2.25. The molecular formula is C14H11F4N. The first kappa shape index (κ1) is 13.5. The van der Waals surface area contributed by atoms with Crippen LogP contribution in [0.4, 0.5) is 17.6 Å². The Kier molecular flexibility index (Phi) is 3.85. The van der Waals surface area contributed by atoms with Gasteiger partial charge >= 0.3 is 0 Å². The quantitative estimate of drug-likeness (QED) is 0.848. The summed E-state index contributed by atoms with van der Waals surface area (Å²) in [5.41, 5.74) is 6.02. The zero-order chi connectivity index (χ0) is 14.0. The van der Waals surface area contributed by atoms with Crippen LogP contribution in [0.3, 0.4) is 0 Å². The monoisotopic (exact) mass is 269 g/mol. The highest BCUT2D eigenvalue weighted by Crippen LogP contribution is 2.21. The van der Waals surface area contributed by atoms with E-state index in [4.69, 9.17) is 5.73 Å². The summed E-state index contributed by atoms with van der Waals surface area (Å²) in [4.78, 5) is 0. The standard InChI is InChI=1S/C14H11F4N/c15-10-4-9(5-11(16)7-10)13(19)6-8-2-1-3-12(17)14(8)18/h1-5,7,13H,6,19H2. The van der Waals surface area contributed by atoms with Gasteiger partial charge in [-0.25, -0.2) is 17.6 Å². The van der Waals surface area contributed by atoms with Crippen LogP contribution >= 0.6 is 0 Å². The molecule has 0 aliphatic carbocycles. The highest BCUT2D eigenvalue weighted by Gasteiger charge is 2.14. The molecule has 5 heteroatoms. The van der Waals surface area contributed by atoms with Crippen molar-refractivity contribution in [2.45, 2.75) is 12.5 Å². The molecule has 0 bridgehead atoms. The van der Waals surface area contributed by atoms with E-state index in [1.807, 2.05) is 0 Å². The smallest absolute Gasteiger partial charge is 0.162 e. The lowest BCUT2D eigenvalue weighted by molar-refractivity contribution is 0.493. The van der Waals surface area contributed by atoms with Gasteiger partial charge in [-0.3, -0.25) is 0 Å². The van der Waals surface area contributed by atoms with E-state index in [-0.39, 0.29) is 17.5 Å². The van der Waals surface area contributed by atoms with Crippen molar-refractivity contribution in [3.05, 3.63) is 70.8 Å². The molecule has 0 heterocycles. The van der Waals surface area contributed by atoms with Gasteiger partial charge < -0.3 is 5.73 Å². The van der Waals surface area contributed by atoms with Crippen LogP contribution in [-0.4, -0.2) is 0 Å². The van der Waals surface area contributed by atoms with Crippen LogP contribution in [-0.2, 0) is 6.42 Å². The molecule has 0 amide bonds. The topological polar surface area (TPSA) is 26.0 Å². The van der Waals surface area contributed by atoms with Crippen molar-refractivity contribution in [1.82, 2.24) is 0 Å². The van der Waals surface area contributed by atoms with E-state index in [1.54, 1.807) is 0 Å². The van der Waals surface area contributed by atoms with E-state index in [0.29, 0.717) is 0 Å². The van der Waals surface area contributed by atoms with Gasteiger partial charge in [0.05, 0.1) is 0 Å². The Labute approximate surface area is 107 Å². The summed E-state index contributed by atoms with van der Waals surface area (Å²) in [5.74, 6) is -3.49. The van der Waals surface area contributed by atoms with Crippen molar-refractivity contribution in [3.8, 4) is 0 Å². The molecule has 1 nitrogen and oxygen atoms in total. The van der Waals surface area contributed by atoms with E-state index in [9.17, 15) is 17.6 Å². The molecule has 0 aliphatic heterocycles. The van der Waals surface area contributed by atoms with Crippen molar-refractivity contribution >= 4 is 0 Å². The van der Waals surface area contributed by atoms with Gasteiger partial charge in [0, 0.05) is 12.1 Å². The van der Waals surface area contributed by atoms with E-state index in [1.165, 1.54) is 12.1 Å². The molecule has 0 radical (unpaired) electrons. The summed E-state index contributed by atoms with van der Waals surface area (Å²) in [6, 6.07) is 5.78. The molecule has 0 spiro atoms. The van der Waals surface area contributed by atoms with Crippen molar-refractivity contribution in [2.75, 3.05) is 0 Å². The first-order valence-electron chi connectivity index (χ1n) is 5.62. The summed E-state index contributed by atoms with van der Waals surface area (Å²) >= 11 is 0. The van der Waals surface area contributed by atoms with Crippen molar-refractivity contribution in [2.24, 2.45) is 5.73 Å². The van der Waals surface area contributed by atoms with Crippen LogP contribution in [0.2, 0.25) is 0 Å². The molecule has 0 fully saturated rings. The summed E-state index contributed by atoms with van der Waals surface area (Å²) in [7, 11) is 0. The molecule has 1 atom stereocenters. The lowest BCUT2D eigenvalue weighted by Crippen LogP contribution is -2.15. The Hall–Kier alpha value is -1.88. The predicted molar refractivity (Wildman–Crippen MR) is 63.3 cm³/mol. The minimum Gasteiger partial charge on any atom is -0.324 e. The molecule has 2 N–H and O–H groups in total. The van der Waals surface area contributed by atoms with E-state index >= 15 is 0 Å². The van der Waals surface area contributed by atoms with Gasteiger partial charge in [0.2, 0.25) is 0 Å². The van der Waals surface area contributed by atoms with Gasteiger partial charge in [-0.05, 0) is 35.7 Å². The van der Waals surface area contributed by atoms with E-state index in [0.717, 1.165) is 24.3 Å². The number of hydrogen-bond donors (Lipinski definition) is 1. The lowest BCUT2D eigenvalue weighted by atomic mass is 9.99. The second-order valence-electron chi connectivity index (χ2n) is 4.23. The van der Waals surface area contributed by atoms with Crippen molar-refractivity contribution in [3.63, 3.8) is 0 Å². The fourth-order valence-corrected chi connectivity index (χ4v) is 1.85. The second kappa shape index (κ2) is 5.40. The minimum absolute atomic E-state index is 0.0491. The van der Waals surface area contributed by atoms with E-state index in [2.05, 4.69) is 0 Å². The van der Waals surface area contributed by atoms with Gasteiger partial charge in [0.25, 0.3) is 0 Å². The Morgan fingerprint density at radius 1 is 0.947 bits per heavy atom. The van der Waals surface area contributed by atoms with Gasteiger partial charge in [0.15, 0.2) is 11.6 Å². The first-order chi connectivity index (χ1) is 8.97.